The van der Waals surface area contributed by atoms with Gasteiger partial charge in [0.2, 0.25) is 0 Å². The summed E-state index contributed by atoms with van der Waals surface area (Å²) < 4.78 is 7.17. The third-order valence-corrected chi connectivity index (χ3v) is 5.44. The second-order valence-electron chi connectivity index (χ2n) is 6.87. The first-order valence-electron chi connectivity index (χ1n) is 8.74. The molecule has 0 atom stereocenters. The van der Waals surface area contributed by atoms with Crippen molar-refractivity contribution in [1.82, 2.24) is 24.8 Å². The zero-order valence-corrected chi connectivity index (χ0v) is 14.5. The minimum Gasteiger partial charge on any atom is -0.381 e. The van der Waals surface area contributed by atoms with Gasteiger partial charge in [0.15, 0.2) is 5.69 Å². The molecule has 0 N–H and O–H groups in total. The molecule has 2 aromatic rings. The van der Waals surface area contributed by atoms with Gasteiger partial charge in [-0.1, -0.05) is 23.4 Å². The number of benzene rings is 1. The minimum absolute atomic E-state index is 0.0293. The maximum Gasteiger partial charge on any atom is 0.276 e. The van der Waals surface area contributed by atoms with E-state index in [2.05, 4.69) is 22.3 Å². The number of hydrogen-bond donors (Lipinski definition) is 0. The van der Waals surface area contributed by atoms with Gasteiger partial charge < -0.3 is 9.64 Å². The van der Waals surface area contributed by atoms with Crippen molar-refractivity contribution in [2.75, 3.05) is 39.9 Å². The molecule has 0 saturated carbocycles. The lowest BCUT2D eigenvalue weighted by atomic mass is 9.86. The lowest BCUT2D eigenvalue weighted by molar-refractivity contribution is -0.0544. The number of ether oxygens (including phenoxy) is 1. The highest BCUT2D eigenvalue weighted by Crippen LogP contribution is 2.31. The summed E-state index contributed by atoms with van der Waals surface area (Å²) in [7, 11) is 2.15. The number of aromatic nitrogens is 3. The Kier molecular flexibility index (Phi) is 4.27. The minimum atomic E-state index is -0.0406. The van der Waals surface area contributed by atoms with Gasteiger partial charge >= 0.3 is 0 Å². The van der Waals surface area contributed by atoms with Crippen LogP contribution >= 0.6 is 0 Å². The van der Waals surface area contributed by atoms with Crippen molar-refractivity contribution < 1.29 is 9.53 Å². The molecule has 1 aromatic carbocycles. The Morgan fingerprint density at radius 2 is 1.92 bits per heavy atom. The average molecular weight is 341 g/mol. The van der Waals surface area contributed by atoms with Gasteiger partial charge in [0.05, 0.1) is 11.9 Å². The van der Waals surface area contributed by atoms with Gasteiger partial charge in [-0.2, -0.15) is 0 Å². The van der Waals surface area contributed by atoms with Crippen LogP contribution in [0.25, 0.3) is 5.69 Å². The number of amides is 1. The maximum atomic E-state index is 12.9. The Balaban J connectivity index is 1.52. The van der Waals surface area contributed by atoms with Crippen molar-refractivity contribution in [2.45, 2.75) is 18.4 Å². The Labute approximate surface area is 147 Å². The molecule has 132 valence electrons. The third-order valence-electron chi connectivity index (χ3n) is 5.44. The Morgan fingerprint density at radius 1 is 1.16 bits per heavy atom. The Hall–Kier alpha value is -2.25. The highest BCUT2D eigenvalue weighted by atomic mass is 16.5. The molecule has 4 rings (SSSR count). The first kappa shape index (κ1) is 16.2. The normalized spacial score (nSPS) is 20.8. The van der Waals surface area contributed by atoms with E-state index in [-0.39, 0.29) is 11.4 Å². The van der Waals surface area contributed by atoms with Crippen molar-refractivity contribution in [3.8, 4) is 5.69 Å². The molecule has 1 aromatic heterocycles. The van der Waals surface area contributed by atoms with Gasteiger partial charge in [0.1, 0.15) is 0 Å². The van der Waals surface area contributed by atoms with Crippen LogP contribution in [-0.2, 0) is 4.74 Å². The average Bonchev–Trinajstić information content (AvgIpc) is 3.15. The van der Waals surface area contributed by atoms with E-state index in [9.17, 15) is 4.79 Å². The first-order valence-corrected chi connectivity index (χ1v) is 8.74. The maximum absolute atomic E-state index is 12.9. The van der Waals surface area contributed by atoms with E-state index in [1.807, 2.05) is 35.2 Å². The summed E-state index contributed by atoms with van der Waals surface area (Å²) in [6, 6.07) is 9.71. The second-order valence-corrected chi connectivity index (χ2v) is 6.87. The molecule has 7 nitrogen and oxygen atoms in total. The summed E-state index contributed by atoms with van der Waals surface area (Å²) >= 11 is 0. The third kappa shape index (κ3) is 3.05. The molecule has 2 fully saturated rings. The van der Waals surface area contributed by atoms with Crippen LogP contribution in [0, 0.1) is 0 Å². The van der Waals surface area contributed by atoms with Crippen LogP contribution in [0.1, 0.15) is 23.3 Å². The number of para-hydroxylation sites is 1. The van der Waals surface area contributed by atoms with Crippen LogP contribution in [0.2, 0.25) is 0 Å². The summed E-state index contributed by atoms with van der Waals surface area (Å²) in [6.07, 6.45) is 3.64. The van der Waals surface area contributed by atoms with Gasteiger partial charge in [-0.25, -0.2) is 4.68 Å². The Bertz CT molecular complexity index is 739. The number of rotatable bonds is 2. The fraction of sp³-hybridized carbons (Fsp3) is 0.500. The van der Waals surface area contributed by atoms with E-state index in [0.717, 1.165) is 51.4 Å². The van der Waals surface area contributed by atoms with Gasteiger partial charge in [-0.3, -0.25) is 9.69 Å². The van der Waals surface area contributed by atoms with Crippen LogP contribution in [0.5, 0.6) is 0 Å². The molecule has 0 unspecified atom stereocenters. The zero-order chi connectivity index (χ0) is 17.3. The summed E-state index contributed by atoms with van der Waals surface area (Å²) in [6.45, 7) is 3.84. The van der Waals surface area contributed by atoms with Gasteiger partial charge in [0, 0.05) is 38.4 Å². The molecule has 1 spiro atoms. The van der Waals surface area contributed by atoms with E-state index in [1.165, 1.54) is 0 Å². The number of nitrogens with zero attached hydrogens (tertiary/aromatic N) is 5. The molecule has 25 heavy (non-hydrogen) atoms. The number of carbonyl (C=O) groups excluding carboxylic acids is 1. The quantitative estimate of drug-likeness (QED) is 0.821. The van der Waals surface area contributed by atoms with Crippen molar-refractivity contribution in [3.05, 3.63) is 42.2 Å². The standard InChI is InChI=1S/C18H23N5O2/c1-21-9-10-22(14-18(21)7-11-25-12-8-18)17(24)16-13-23(20-19-16)15-5-3-2-4-6-15/h2-6,13H,7-12,14H2,1H3. The topological polar surface area (TPSA) is 63.5 Å². The van der Waals surface area contributed by atoms with Crippen molar-refractivity contribution in [1.29, 1.82) is 0 Å². The smallest absolute Gasteiger partial charge is 0.276 e. The van der Waals surface area contributed by atoms with Gasteiger partial charge in [-0.15, -0.1) is 5.10 Å². The molecule has 1 amide bonds. The summed E-state index contributed by atoms with van der Waals surface area (Å²) in [4.78, 5) is 17.2. The molecular weight excluding hydrogens is 318 g/mol. The fourth-order valence-corrected chi connectivity index (χ4v) is 3.76. The van der Waals surface area contributed by atoms with E-state index >= 15 is 0 Å². The lowest BCUT2D eigenvalue weighted by Gasteiger charge is -2.51. The summed E-state index contributed by atoms with van der Waals surface area (Å²) in [5.74, 6) is -0.0406. The molecule has 3 heterocycles. The molecular formula is C18H23N5O2. The fourth-order valence-electron chi connectivity index (χ4n) is 3.76. The van der Waals surface area contributed by atoms with Crippen LogP contribution in [-0.4, -0.2) is 76.1 Å². The van der Waals surface area contributed by atoms with E-state index in [1.54, 1.807) is 10.9 Å². The van der Waals surface area contributed by atoms with E-state index in [4.69, 9.17) is 4.74 Å². The van der Waals surface area contributed by atoms with Gasteiger partial charge in [-0.05, 0) is 32.0 Å². The molecule has 2 saturated heterocycles. The largest absolute Gasteiger partial charge is 0.381 e. The number of carbonyl (C=O) groups is 1. The predicted molar refractivity (Wildman–Crippen MR) is 92.7 cm³/mol. The van der Waals surface area contributed by atoms with Crippen molar-refractivity contribution in [2.24, 2.45) is 0 Å². The highest BCUT2D eigenvalue weighted by molar-refractivity contribution is 5.92. The number of hydrogen-bond acceptors (Lipinski definition) is 5. The van der Waals surface area contributed by atoms with Crippen LogP contribution in [0.3, 0.4) is 0 Å². The number of piperazine rings is 1. The molecule has 0 radical (unpaired) electrons. The second kappa shape index (κ2) is 6.57. The number of likely N-dealkylation sites (N-methyl/N-ethyl adjacent to an activating group) is 1. The van der Waals surface area contributed by atoms with Gasteiger partial charge in [0.25, 0.3) is 5.91 Å². The molecule has 2 aliphatic rings. The molecule has 0 aliphatic carbocycles. The van der Waals surface area contributed by atoms with Crippen LogP contribution < -0.4 is 0 Å². The Morgan fingerprint density at radius 3 is 2.68 bits per heavy atom. The first-order chi connectivity index (χ1) is 12.2. The lowest BCUT2D eigenvalue weighted by Crippen LogP contribution is -2.63. The van der Waals surface area contributed by atoms with Crippen LogP contribution in [0.4, 0.5) is 0 Å². The summed E-state index contributed by atoms with van der Waals surface area (Å²) in [5.41, 5.74) is 1.32. The van der Waals surface area contributed by atoms with Crippen LogP contribution in [0.15, 0.2) is 36.5 Å². The van der Waals surface area contributed by atoms with Crippen molar-refractivity contribution >= 4 is 5.91 Å². The summed E-state index contributed by atoms with van der Waals surface area (Å²) in [5, 5.41) is 8.21. The molecule has 0 bridgehead atoms. The zero-order valence-electron chi connectivity index (χ0n) is 14.5. The highest BCUT2D eigenvalue weighted by Gasteiger charge is 2.42. The SMILES string of the molecule is CN1CCN(C(=O)c2cn(-c3ccccc3)nn2)CC12CCOCC2. The predicted octanol–water partition coefficient (Wildman–Crippen LogP) is 1.20. The van der Waals surface area contributed by atoms with E-state index < -0.39 is 0 Å². The molecule has 7 heteroatoms. The molecule has 2 aliphatic heterocycles. The van der Waals surface area contributed by atoms with E-state index in [0.29, 0.717) is 5.69 Å². The monoisotopic (exact) mass is 341 g/mol. The van der Waals surface area contributed by atoms with Crippen molar-refractivity contribution in [3.63, 3.8) is 0 Å².